The summed E-state index contributed by atoms with van der Waals surface area (Å²) in [6.45, 7) is -0.967. The number of alkyl halides is 2. The second-order valence-electron chi connectivity index (χ2n) is 3.79. The van der Waals surface area contributed by atoms with Gasteiger partial charge in [-0.25, -0.2) is 13.6 Å². The van der Waals surface area contributed by atoms with Crippen LogP contribution in [-0.4, -0.2) is 16.0 Å². The molecule has 0 saturated heterocycles. The average Bonchev–Trinajstić information content (AvgIpc) is 2.35. The molecule has 0 aliphatic heterocycles. The van der Waals surface area contributed by atoms with Gasteiger partial charge in [0.25, 0.3) is 12.0 Å². The Morgan fingerprint density at radius 1 is 1.21 bits per heavy atom. The van der Waals surface area contributed by atoms with Gasteiger partial charge in [0.1, 0.15) is 5.15 Å². The van der Waals surface area contributed by atoms with Gasteiger partial charge in [-0.3, -0.25) is 14.3 Å². The molecule has 100 valence electrons. The fourth-order valence-electron chi connectivity index (χ4n) is 1.70. The first-order chi connectivity index (χ1) is 9.00. The average molecular weight is 287 g/mol. The fourth-order valence-corrected chi connectivity index (χ4v) is 1.97. The highest BCUT2D eigenvalue weighted by atomic mass is 35.5. The Hall–Kier alpha value is -1.95. The number of rotatable bonds is 3. The van der Waals surface area contributed by atoms with Crippen molar-refractivity contribution in [3.63, 3.8) is 0 Å². The molecule has 1 aromatic heterocycles. The lowest BCUT2D eigenvalue weighted by atomic mass is 10.1. The van der Waals surface area contributed by atoms with E-state index in [4.69, 9.17) is 11.6 Å². The predicted molar refractivity (Wildman–Crippen MR) is 67.8 cm³/mol. The van der Waals surface area contributed by atoms with Crippen LogP contribution in [0.2, 0.25) is 5.15 Å². The molecule has 0 amide bonds. The lowest BCUT2D eigenvalue weighted by molar-refractivity contribution is 0.123. The summed E-state index contributed by atoms with van der Waals surface area (Å²) in [4.78, 5) is 25.7. The molecule has 0 atom stereocenters. The molecule has 0 saturated carbocycles. The maximum absolute atomic E-state index is 12.4. The van der Waals surface area contributed by atoms with Crippen LogP contribution in [0.3, 0.4) is 0 Å². The van der Waals surface area contributed by atoms with Crippen LogP contribution in [0.5, 0.6) is 0 Å². The molecule has 1 heterocycles. The molecule has 0 unspecified atom stereocenters. The summed E-state index contributed by atoms with van der Waals surface area (Å²) in [7, 11) is 0. The standard InChI is InChI=1S/C12H9ClF2N2O2/c13-10-9(7-4-2-1-3-5-7)11(18)17(6-8(14)15)12(19)16-10/h1-5,8H,6H2,(H,16,19). The van der Waals surface area contributed by atoms with E-state index in [1.807, 2.05) is 0 Å². The van der Waals surface area contributed by atoms with E-state index in [9.17, 15) is 18.4 Å². The van der Waals surface area contributed by atoms with Crippen molar-refractivity contribution >= 4 is 11.6 Å². The zero-order valence-electron chi connectivity index (χ0n) is 9.57. The summed E-state index contributed by atoms with van der Waals surface area (Å²) in [5.74, 6) is 0. The minimum Gasteiger partial charge on any atom is -0.297 e. The summed E-state index contributed by atoms with van der Waals surface area (Å²) in [5.41, 5.74) is -1.32. The summed E-state index contributed by atoms with van der Waals surface area (Å²) in [5, 5.41) is -0.160. The van der Waals surface area contributed by atoms with E-state index in [-0.39, 0.29) is 10.7 Å². The van der Waals surface area contributed by atoms with Crippen LogP contribution < -0.4 is 11.2 Å². The first kappa shape index (κ1) is 13.5. The van der Waals surface area contributed by atoms with Gasteiger partial charge in [0.2, 0.25) is 0 Å². The molecular formula is C12H9ClF2N2O2. The monoisotopic (exact) mass is 286 g/mol. The molecule has 2 aromatic rings. The van der Waals surface area contributed by atoms with E-state index < -0.39 is 24.2 Å². The van der Waals surface area contributed by atoms with Gasteiger partial charge in [-0.2, -0.15) is 0 Å². The Morgan fingerprint density at radius 3 is 2.42 bits per heavy atom. The maximum atomic E-state index is 12.4. The SMILES string of the molecule is O=c1[nH]c(Cl)c(-c2ccccc2)c(=O)n1CC(F)F. The number of halogens is 3. The van der Waals surface area contributed by atoms with Crippen molar-refractivity contribution in [1.82, 2.24) is 9.55 Å². The van der Waals surface area contributed by atoms with Crippen LogP contribution in [0, 0.1) is 0 Å². The zero-order valence-corrected chi connectivity index (χ0v) is 10.3. The molecule has 0 radical (unpaired) electrons. The normalized spacial score (nSPS) is 10.9. The molecule has 4 nitrogen and oxygen atoms in total. The number of nitrogens with zero attached hydrogens (tertiary/aromatic N) is 1. The molecule has 0 aliphatic carbocycles. The Bertz CT molecular complexity index is 695. The van der Waals surface area contributed by atoms with Crippen molar-refractivity contribution in [3.05, 3.63) is 56.3 Å². The quantitative estimate of drug-likeness (QED) is 0.879. The van der Waals surface area contributed by atoms with Crippen LogP contribution in [-0.2, 0) is 6.54 Å². The predicted octanol–water partition coefficient (Wildman–Crippen LogP) is 2.12. The largest absolute Gasteiger partial charge is 0.329 e. The number of aromatic nitrogens is 2. The van der Waals surface area contributed by atoms with Crippen molar-refractivity contribution in [3.8, 4) is 11.1 Å². The number of hydrogen-bond donors (Lipinski definition) is 1. The van der Waals surface area contributed by atoms with Gasteiger partial charge >= 0.3 is 5.69 Å². The topological polar surface area (TPSA) is 54.9 Å². The molecule has 0 bridgehead atoms. The summed E-state index contributed by atoms with van der Waals surface area (Å²) in [6, 6.07) is 8.30. The molecule has 7 heteroatoms. The van der Waals surface area contributed by atoms with E-state index in [0.29, 0.717) is 10.1 Å². The van der Waals surface area contributed by atoms with E-state index in [1.165, 1.54) is 0 Å². The molecular weight excluding hydrogens is 278 g/mol. The third kappa shape index (κ3) is 2.73. The van der Waals surface area contributed by atoms with Crippen molar-refractivity contribution in [1.29, 1.82) is 0 Å². The third-order valence-corrected chi connectivity index (χ3v) is 2.81. The number of hydrogen-bond acceptors (Lipinski definition) is 2. The number of benzene rings is 1. The van der Waals surface area contributed by atoms with Crippen molar-refractivity contribution in [2.75, 3.05) is 0 Å². The number of aromatic amines is 1. The Kier molecular flexibility index (Phi) is 3.80. The van der Waals surface area contributed by atoms with Crippen molar-refractivity contribution in [2.24, 2.45) is 0 Å². The van der Waals surface area contributed by atoms with Crippen LogP contribution in [0.25, 0.3) is 11.1 Å². The Labute approximate surface area is 111 Å². The Morgan fingerprint density at radius 2 is 1.84 bits per heavy atom. The van der Waals surface area contributed by atoms with Gasteiger partial charge in [-0.05, 0) is 5.56 Å². The van der Waals surface area contributed by atoms with Gasteiger partial charge in [0.15, 0.2) is 0 Å². The lowest BCUT2D eigenvalue weighted by Crippen LogP contribution is -2.38. The lowest BCUT2D eigenvalue weighted by Gasteiger charge is -2.08. The third-order valence-electron chi connectivity index (χ3n) is 2.52. The van der Waals surface area contributed by atoms with Gasteiger partial charge < -0.3 is 0 Å². The smallest absolute Gasteiger partial charge is 0.297 e. The first-order valence-corrected chi connectivity index (χ1v) is 5.74. The van der Waals surface area contributed by atoms with E-state index in [1.54, 1.807) is 30.3 Å². The van der Waals surface area contributed by atoms with E-state index in [2.05, 4.69) is 4.98 Å². The summed E-state index contributed by atoms with van der Waals surface area (Å²) < 4.78 is 25.2. The number of nitrogens with one attached hydrogen (secondary N) is 1. The first-order valence-electron chi connectivity index (χ1n) is 5.37. The van der Waals surface area contributed by atoms with Crippen molar-refractivity contribution < 1.29 is 8.78 Å². The highest BCUT2D eigenvalue weighted by Crippen LogP contribution is 2.20. The molecule has 1 N–H and O–H groups in total. The highest BCUT2D eigenvalue weighted by molar-refractivity contribution is 6.32. The summed E-state index contributed by atoms with van der Waals surface area (Å²) >= 11 is 5.82. The minimum absolute atomic E-state index is 0.00233. The second-order valence-corrected chi connectivity index (χ2v) is 4.17. The second kappa shape index (κ2) is 5.36. The van der Waals surface area contributed by atoms with Gasteiger partial charge in [0.05, 0.1) is 12.1 Å². The van der Waals surface area contributed by atoms with Crippen LogP contribution in [0.4, 0.5) is 8.78 Å². The van der Waals surface area contributed by atoms with E-state index >= 15 is 0 Å². The van der Waals surface area contributed by atoms with Crippen LogP contribution >= 0.6 is 11.6 Å². The molecule has 19 heavy (non-hydrogen) atoms. The molecule has 2 rings (SSSR count). The van der Waals surface area contributed by atoms with Crippen molar-refractivity contribution in [2.45, 2.75) is 13.0 Å². The Balaban J connectivity index is 2.69. The maximum Gasteiger partial charge on any atom is 0.329 e. The molecule has 0 aliphatic rings. The molecule has 0 spiro atoms. The number of H-pyrrole nitrogens is 1. The zero-order chi connectivity index (χ0) is 14.0. The highest BCUT2D eigenvalue weighted by Gasteiger charge is 2.16. The van der Waals surface area contributed by atoms with Crippen LogP contribution in [0.15, 0.2) is 39.9 Å². The molecule has 0 fully saturated rings. The van der Waals surface area contributed by atoms with Gasteiger partial charge in [-0.15, -0.1) is 0 Å². The minimum atomic E-state index is -2.80. The molecule has 1 aromatic carbocycles. The van der Waals surface area contributed by atoms with Gasteiger partial charge in [0, 0.05) is 0 Å². The fraction of sp³-hybridized carbons (Fsp3) is 0.167. The van der Waals surface area contributed by atoms with E-state index in [0.717, 1.165) is 0 Å². The van der Waals surface area contributed by atoms with Crippen LogP contribution in [0.1, 0.15) is 0 Å². The summed E-state index contributed by atoms with van der Waals surface area (Å²) in [6.07, 6.45) is -2.80. The van der Waals surface area contributed by atoms with Gasteiger partial charge in [-0.1, -0.05) is 41.9 Å².